The fourth-order valence-electron chi connectivity index (χ4n) is 2.12. The molecule has 0 aliphatic rings. The number of aromatic nitrogens is 2. The molecule has 0 unspecified atom stereocenters. The van der Waals surface area contributed by atoms with Crippen molar-refractivity contribution in [3.8, 4) is 0 Å². The summed E-state index contributed by atoms with van der Waals surface area (Å²) in [5.74, 6) is 1.72. The summed E-state index contributed by atoms with van der Waals surface area (Å²) in [5.41, 5.74) is 1.24. The largest absolute Gasteiger partial charge is 0.465 e. The van der Waals surface area contributed by atoms with E-state index in [-0.39, 0.29) is 5.97 Å². The molecule has 2 rings (SSSR count). The van der Waals surface area contributed by atoms with E-state index < -0.39 is 0 Å². The number of aryl methyl sites for hydroxylation is 1. The molecule has 7 heteroatoms. The Hall–Kier alpha value is -2.67. The van der Waals surface area contributed by atoms with E-state index in [0.717, 1.165) is 24.6 Å². The van der Waals surface area contributed by atoms with Crippen LogP contribution < -0.4 is 10.6 Å². The maximum absolute atomic E-state index is 11.6. The molecule has 0 aliphatic carbocycles. The van der Waals surface area contributed by atoms with Gasteiger partial charge in [-0.15, -0.1) is 0 Å². The van der Waals surface area contributed by atoms with Gasteiger partial charge in [0.25, 0.3) is 0 Å². The van der Waals surface area contributed by atoms with Crippen molar-refractivity contribution in [2.24, 2.45) is 0 Å². The van der Waals surface area contributed by atoms with E-state index in [1.54, 1.807) is 18.2 Å². The lowest BCUT2D eigenvalue weighted by molar-refractivity contribution is 0.0601. The number of carbonyl (C=O) groups excluding carboxylic acids is 1. The van der Waals surface area contributed by atoms with Crippen molar-refractivity contribution in [3.05, 3.63) is 41.7 Å². The molecule has 1 heterocycles. The number of hydrogen-bond donors (Lipinski definition) is 2. The number of ether oxygens (including phenoxy) is 1. The lowest BCUT2D eigenvalue weighted by atomic mass is 10.2. The molecular formula is C17H23N5O2. The summed E-state index contributed by atoms with van der Waals surface area (Å²) in [7, 11) is 5.41. The van der Waals surface area contributed by atoms with Gasteiger partial charge in [0.1, 0.15) is 17.5 Å². The van der Waals surface area contributed by atoms with Gasteiger partial charge in [-0.1, -0.05) is 6.07 Å². The summed E-state index contributed by atoms with van der Waals surface area (Å²) in [4.78, 5) is 22.5. The Morgan fingerprint density at radius 2 is 1.96 bits per heavy atom. The van der Waals surface area contributed by atoms with Gasteiger partial charge < -0.3 is 20.3 Å². The first-order valence-electron chi connectivity index (χ1n) is 7.67. The van der Waals surface area contributed by atoms with Gasteiger partial charge in [0.2, 0.25) is 0 Å². The molecule has 1 aromatic carbocycles. The highest BCUT2D eigenvalue weighted by molar-refractivity contribution is 5.90. The molecule has 0 amide bonds. The highest BCUT2D eigenvalue weighted by Gasteiger charge is 2.07. The third-order valence-electron chi connectivity index (χ3n) is 3.26. The molecule has 0 fully saturated rings. The van der Waals surface area contributed by atoms with E-state index in [4.69, 9.17) is 4.74 Å². The van der Waals surface area contributed by atoms with E-state index in [2.05, 4.69) is 25.5 Å². The molecule has 0 atom stereocenters. The Morgan fingerprint density at radius 3 is 2.67 bits per heavy atom. The van der Waals surface area contributed by atoms with Crippen molar-refractivity contribution < 1.29 is 9.53 Å². The molecule has 0 saturated heterocycles. The van der Waals surface area contributed by atoms with Gasteiger partial charge in [-0.3, -0.25) is 0 Å². The van der Waals surface area contributed by atoms with E-state index >= 15 is 0 Å². The van der Waals surface area contributed by atoms with E-state index in [0.29, 0.717) is 17.2 Å². The minimum Gasteiger partial charge on any atom is -0.465 e. The normalized spacial score (nSPS) is 10.5. The second kappa shape index (κ2) is 8.26. The molecule has 0 aliphatic heterocycles. The summed E-state index contributed by atoms with van der Waals surface area (Å²) in [5, 5.41) is 6.47. The molecule has 128 valence electrons. The number of likely N-dealkylation sites (N-methyl/N-ethyl adjacent to an activating group) is 1. The number of esters is 1. The fraction of sp³-hybridized carbons (Fsp3) is 0.353. The third-order valence-corrected chi connectivity index (χ3v) is 3.26. The molecule has 2 aromatic rings. The van der Waals surface area contributed by atoms with Crippen LogP contribution in [0.3, 0.4) is 0 Å². The lowest BCUT2D eigenvalue weighted by Crippen LogP contribution is -2.21. The number of methoxy groups -OCH3 is 1. The minimum absolute atomic E-state index is 0.372. The number of hydrogen-bond acceptors (Lipinski definition) is 7. The Kier molecular flexibility index (Phi) is 6.08. The molecule has 0 saturated carbocycles. The SMILES string of the molecule is COC(=O)c1cccc(Nc2cc(NCCN(C)C)nc(C)n2)c1. The molecule has 2 N–H and O–H groups in total. The highest BCUT2D eigenvalue weighted by Crippen LogP contribution is 2.19. The van der Waals surface area contributed by atoms with Crippen molar-refractivity contribution in [3.63, 3.8) is 0 Å². The molecule has 24 heavy (non-hydrogen) atoms. The Bertz CT molecular complexity index is 703. The molecule has 0 radical (unpaired) electrons. The molecule has 7 nitrogen and oxygen atoms in total. The molecule has 0 spiro atoms. The zero-order chi connectivity index (χ0) is 17.5. The van der Waals surface area contributed by atoms with Crippen LogP contribution in [-0.2, 0) is 4.74 Å². The maximum atomic E-state index is 11.6. The average Bonchev–Trinajstić information content (AvgIpc) is 2.53. The van der Waals surface area contributed by atoms with Gasteiger partial charge in [0.15, 0.2) is 0 Å². The standard InChI is InChI=1S/C17H23N5O2/c1-12-19-15(18-8-9-22(2)3)11-16(20-12)21-14-7-5-6-13(10-14)17(23)24-4/h5-7,10-11H,8-9H2,1-4H3,(H2,18,19,20,21). The second-order valence-corrected chi connectivity index (χ2v) is 5.61. The van der Waals surface area contributed by atoms with E-state index in [1.807, 2.05) is 33.2 Å². The second-order valence-electron chi connectivity index (χ2n) is 5.61. The number of anilines is 3. The van der Waals surface area contributed by atoms with Crippen molar-refractivity contribution in [1.82, 2.24) is 14.9 Å². The third kappa shape index (κ3) is 5.20. The van der Waals surface area contributed by atoms with Crippen LogP contribution >= 0.6 is 0 Å². The van der Waals surface area contributed by atoms with Crippen LogP contribution in [0.4, 0.5) is 17.3 Å². The number of carbonyl (C=O) groups is 1. The minimum atomic E-state index is -0.372. The van der Waals surface area contributed by atoms with Gasteiger partial charge in [0.05, 0.1) is 12.7 Å². The van der Waals surface area contributed by atoms with Crippen LogP contribution in [-0.4, -0.2) is 55.1 Å². The van der Waals surface area contributed by atoms with E-state index in [1.165, 1.54) is 7.11 Å². The van der Waals surface area contributed by atoms with Crippen LogP contribution in [0.5, 0.6) is 0 Å². The van der Waals surface area contributed by atoms with Crippen LogP contribution in [0.25, 0.3) is 0 Å². The summed E-state index contributed by atoms with van der Waals surface area (Å²) < 4.78 is 4.74. The van der Waals surface area contributed by atoms with Crippen molar-refractivity contribution >= 4 is 23.3 Å². The van der Waals surface area contributed by atoms with Gasteiger partial charge in [-0.05, 0) is 39.2 Å². The number of nitrogens with zero attached hydrogens (tertiary/aromatic N) is 3. The Labute approximate surface area is 142 Å². The number of benzene rings is 1. The summed E-state index contributed by atoms with van der Waals surface area (Å²) in [6.45, 7) is 3.54. The molecular weight excluding hydrogens is 306 g/mol. The summed E-state index contributed by atoms with van der Waals surface area (Å²) in [6.07, 6.45) is 0. The fourth-order valence-corrected chi connectivity index (χ4v) is 2.12. The average molecular weight is 329 g/mol. The van der Waals surface area contributed by atoms with Gasteiger partial charge >= 0.3 is 5.97 Å². The Morgan fingerprint density at radius 1 is 1.21 bits per heavy atom. The number of nitrogens with one attached hydrogen (secondary N) is 2. The predicted molar refractivity (Wildman–Crippen MR) is 94.9 cm³/mol. The monoisotopic (exact) mass is 329 g/mol. The van der Waals surface area contributed by atoms with Crippen LogP contribution in [0.1, 0.15) is 16.2 Å². The number of rotatable bonds is 7. The zero-order valence-corrected chi connectivity index (χ0v) is 14.5. The van der Waals surface area contributed by atoms with Crippen molar-refractivity contribution in [2.75, 3.05) is 44.9 Å². The predicted octanol–water partition coefficient (Wildman–Crippen LogP) is 2.29. The van der Waals surface area contributed by atoms with Crippen molar-refractivity contribution in [2.45, 2.75) is 6.92 Å². The summed E-state index contributed by atoms with van der Waals surface area (Å²) >= 11 is 0. The first kappa shape index (κ1) is 17.7. The van der Waals surface area contributed by atoms with Gasteiger partial charge in [-0.2, -0.15) is 0 Å². The van der Waals surface area contributed by atoms with Crippen LogP contribution in [0, 0.1) is 6.92 Å². The zero-order valence-electron chi connectivity index (χ0n) is 14.5. The maximum Gasteiger partial charge on any atom is 0.337 e. The first-order valence-corrected chi connectivity index (χ1v) is 7.67. The quantitative estimate of drug-likeness (QED) is 0.754. The van der Waals surface area contributed by atoms with Gasteiger partial charge in [-0.25, -0.2) is 14.8 Å². The molecule has 1 aromatic heterocycles. The van der Waals surface area contributed by atoms with Crippen LogP contribution in [0.15, 0.2) is 30.3 Å². The topological polar surface area (TPSA) is 79.4 Å². The molecule has 0 bridgehead atoms. The van der Waals surface area contributed by atoms with Crippen molar-refractivity contribution in [1.29, 1.82) is 0 Å². The smallest absolute Gasteiger partial charge is 0.337 e. The van der Waals surface area contributed by atoms with E-state index in [9.17, 15) is 4.79 Å². The lowest BCUT2D eigenvalue weighted by Gasteiger charge is -2.13. The van der Waals surface area contributed by atoms with Crippen LogP contribution in [0.2, 0.25) is 0 Å². The highest BCUT2D eigenvalue weighted by atomic mass is 16.5. The van der Waals surface area contributed by atoms with Gasteiger partial charge in [0, 0.05) is 24.8 Å². The summed E-state index contributed by atoms with van der Waals surface area (Å²) in [6, 6.07) is 8.92. The Balaban J connectivity index is 2.12. The first-order chi connectivity index (χ1) is 11.5.